The third kappa shape index (κ3) is 4.00. The first-order chi connectivity index (χ1) is 7.43. The molecule has 4 nitrogen and oxygen atoms in total. The molecule has 0 radical (unpaired) electrons. The van der Waals surface area contributed by atoms with Gasteiger partial charge in [-0.1, -0.05) is 20.8 Å². The lowest BCUT2D eigenvalue weighted by Gasteiger charge is -2.39. The fourth-order valence-electron chi connectivity index (χ4n) is 2.05. The van der Waals surface area contributed by atoms with E-state index in [-0.39, 0.29) is 17.7 Å². The van der Waals surface area contributed by atoms with E-state index in [9.17, 15) is 4.79 Å². The highest BCUT2D eigenvalue weighted by molar-refractivity contribution is 5.67. The highest BCUT2D eigenvalue weighted by Gasteiger charge is 2.30. The van der Waals surface area contributed by atoms with Crippen LogP contribution >= 0.6 is 0 Å². The van der Waals surface area contributed by atoms with Crippen molar-refractivity contribution in [3.63, 3.8) is 0 Å². The zero-order valence-electron chi connectivity index (χ0n) is 10.8. The molecule has 1 saturated heterocycles. The Bertz CT molecular complexity index is 236. The van der Waals surface area contributed by atoms with Crippen molar-refractivity contribution in [3.8, 4) is 0 Å². The van der Waals surface area contributed by atoms with E-state index < -0.39 is 0 Å². The molecule has 1 rings (SSSR count). The standard InChI is InChI=1S/C12H24N2O2/c1-5-16-11(15)14-10-8-6-7-9(13-10)12(2,3)4/h9-10,13H,5-8H2,1-4H3,(H,14,15). The van der Waals surface area contributed by atoms with Gasteiger partial charge in [0.15, 0.2) is 0 Å². The van der Waals surface area contributed by atoms with Gasteiger partial charge in [-0.15, -0.1) is 0 Å². The number of piperidine rings is 1. The topological polar surface area (TPSA) is 50.4 Å². The Morgan fingerprint density at radius 3 is 2.69 bits per heavy atom. The van der Waals surface area contributed by atoms with Gasteiger partial charge in [0.25, 0.3) is 0 Å². The van der Waals surface area contributed by atoms with Crippen LogP contribution in [-0.2, 0) is 4.74 Å². The monoisotopic (exact) mass is 228 g/mol. The van der Waals surface area contributed by atoms with Crippen molar-refractivity contribution >= 4 is 6.09 Å². The normalized spacial score (nSPS) is 26.2. The molecular formula is C12H24N2O2. The Labute approximate surface area is 98.1 Å². The van der Waals surface area contributed by atoms with Crippen LogP contribution in [0.2, 0.25) is 0 Å². The van der Waals surface area contributed by atoms with Crippen molar-refractivity contribution in [2.45, 2.75) is 59.2 Å². The summed E-state index contributed by atoms with van der Waals surface area (Å²) in [5.74, 6) is 0. The SMILES string of the molecule is CCOC(=O)NC1CCCC(C(C)(C)C)N1. The van der Waals surface area contributed by atoms with Crippen LogP contribution in [0.4, 0.5) is 4.79 Å². The number of ether oxygens (including phenoxy) is 1. The average Bonchev–Trinajstić information content (AvgIpc) is 2.17. The van der Waals surface area contributed by atoms with Gasteiger partial charge in [-0.25, -0.2) is 4.79 Å². The molecule has 1 heterocycles. The summed E-state index contributed by atoms with van der Waals surface area (Å²) >= 11 is 0. The zero-order chi connectivity index (χ0) is 12.2. The van der Waals surface area contributed by atoms with Gasteiger partial charge in [0.05, 0.1) is 12.8 Å². The van der Waals surface area contributed by atoms with Gasteiger partial charge in [-0.2, -0.15) is 0 Å². The third-order valence-electron chi connectivity index (χ3n) is 3.00. The Balaban J connectivity index is 2.42. The predicted molar refractivity (Wildman–Crippen MR) is 64.2 cm³/mol. The molecule has 16 heavy (non-hydrogen) atoms. The van der Waals surface area contributed by atoms with E-state index in [1.807, 2.05) is 6.92 Å². The molecular weight excluding hydrogens is 204 g/mol. The summed E-state index contributed by atoms with van der Waals surface area (Å²) in [7, 11) is 0. The van der Waals surface area contributed by atoms with Crippen LogP contribution in [0.25, 0.3) is 0 Å². The van der Waals surface area contributed by atoms with Gasteiger partial charge < -0.3 is 10.1 Å². The van der Waals surface area contributed by atoms with Gasteiger partial charge in [0.1, 0.15) is 0 Å². The quantitative estimate of drug-likeness (QED) is 0.762. The minimum absolute atomic E-state index is 0.0528. The summed E-state index contributed by atoms with van der Waals surface area (Å²) in [5.41, 5.74) is 0.231. The molecule has 0 bridgehead atoms. The van der Waals surface area contributed by atoms with Crippen LogP contribution in [0.5, 0.6) is 0 Å². The van der Waals surface area contributed by atoms with Crippen LogP contribution in [0.3, 0.4) is 0 Å². The molecule has 0 aromatic rings. The highest BCUT2D eigenvalue weighted by atomic mass is 16.5. The molecule has 2 atom stereocenters. The summed E-state index contributed by atoms with van der Waals surface area (Å²) < 4.78 is 4.88. The van der Waals surface area contributed by atoms with Crippen LogP contribution < -0.4 is 10.6 Å². The first-order valence-corrected chi connectivity index (χ1v) is 6.13. The number of rotatable bonds is 2. The van der Waals surface area contributed by atoms with E-state index in [0.29, 0.717) is 12.6 Å². The molecule has 0 aromatic heterocycles. The van der Waals surface area contributed by atoms with Gasteiger partial charge >= 0.3 is 6.09 Å². The van der Waals surface area contributed by atoms with Crippen molar-refractivity contribution in [2.24, 2.45) is 5.41 Å². The van der Waals surface area contributed by atoms with Crippen LogP contribution in [0, 0.1) is 5.41 Å². The lowest BCUT2D eigenvalue weighted by Crippen LogP contribution is -2.55. The summed E-state index contributed by atoms with van der Waals surface area (Å²) in [6.07, 6.45) is 3.02. The van der Waals surface area contributed by atoms with E-state index in [4.69, 9.17) is 4.74 Å². The van der Waals surface area contributed by atoms with E-state index in [1.54, 1.807) is 0 Å². The van der Waals surface area contributed by atoms with E-state index in [0.717, 1.165) is 12.8 Å². The van der Waals surface area contributed by atoms with Crippen LogP contribution in [0.1, 0.15) is 47.0 Å². The molecule has 0 saturated carbocycles. The summed E-state index contributed by atoms with van der Waals surface area (Å²) in [4.78, 5) is 11.3. The number of alkyl carbamates (subject to hydrolysis) is 1. The maximum atomic E-state index is 11.3. The lowest BCUT2D eigenvalue weighted by atomic mass is 9.81. The summed E-state index contributed by atoms with van der Waals surface area (Å²) in [6.45, 7) is 8.89. The number of nitrogens with one attached hydrogen (secondary N) is 2. The minimum atomic E-state index is -0.324. The minimum Gasteiger partial charge on any atom is -0.450 e. The Morgan fingerprint density at radius 2 is 2.12 bits per heavy atom. The number of hydrogen-bond donors (Lipinski definition) is 2. The van der Waals surface area contributed by atoms with Gasteiger partial charge in [0.2, 0.25) is 0 Å². The molecule has 94 valence electrons. The van der Waals surface area contributed by atoms with Crippen molar-refractivity contribution in [2.75, 3.05) is 6.61 Å². The molecule has 0 aliphatic carbocycles. The van der Waals surface area contributed by atoms with Crippen molar-refractivity contribution in [3.05, 3.63) is 0 Å². The second kappa shape index (κ2) is 5.53. The average molecular weight is 228 g/mol. The largest absolute Gasteiger partial charge is 0.450 e. The second-order valence-corrected chi connectivity index (χ2v) is 5.43. The van der Waals surface area contributed by atoms with Crippen molar-refractivity contribution in [1.82, 2.24) is 10.6 Å². The number of hydrogen-bond acceptors (Lipinski definition) is 3. The molecule has 2 unspecified atom stereocenters. The Morgan fingerprint density at radius 1 is 1.44 bits per heavy atom. The van der Waals surface area contributed by atoms with Crippen LogP contribution in [-0.4, -0.2) is 24.9 Å². The zero-order valence-corrected chi connectivity index (χ0v) is 10.8. The smallest absolute Gasteiger partial charge is 0.408 e. The Hall–Kier alpha value is -0.770. The fraction of sp³-hybridized carbons (Fsp3) is 0.917. The van der Waals surface area contributed by atoms with Crippen LogP contribution in [0.15, 0.2) is 0 Å². The summed E-state index contributed by atoms with van der Waals surface area (Å²) in [5, 5.41) is 6.32. The van der Waals surface area contributed by atoms with Gasteiger partial charge in [0, 0.05) is 6.04 Å². The molecule has 1 amide bonds. The molecule has 2 N–H and O–H groups in total. The maximum Gasteiger partial charge on any atom is 0.408 e. The maximum absolute atomic E-state index is 11.3. The molecule has 1 aliphatic heterocycles. The molecule has 1 aliphatic rings. The first-order valence-electron chi connectivity index (χ1n) is 6.13. The van der Waals surface area contributed by atoms with Gasteiger partial charge in [-0.3, -0.25) is 5.32 Å². The van der Waals surface area contributed by atoms with Crippen molar-refractivity contribution in [1.29, 1.82) is 0 Å². The number of carbonyl (C=O) groups excluding carboxylic acids is 1. The molecule has 0 spiro atoms. The van der Waals surface area contributed by atoms with E-state index >= 15 is 0 Å². The summed E-state index contributed by atoms with van der Waals surface area (Å²) in [6, 6.07) is 0.452. The predicted octanol–water partition coefficient (Wildman–Crippen LogP) is 2.25. The molecule has 1 fully saturated rings. The fourth-order valence-corrected chi connectivity index (χ4v) is 2.05. The van der Waals surface area contributed by atoms with Crippen molar-refractivity contribution < 1.29 is 9.53 Å². The second-order valence-electron chi connectivity index (χ2n) is 5.43. The number of amides is 1. The lowest BCUT2D eigenvalue weighted by molar-refractivity contribution is 0.129. The molecule has 4 heteroatoms. The molecule has 0 aromatic carbocycles. The van der Waals surface area contributed by atoms with E-state index in [1.165, 1.54) is 6.42 Å². The van der Waals surface area contributed by atoms with E-state index in [2.05, 4.69) is 31.4 Å². The number of carbonyl (C=O) groups is 1. The van der Waals surface area contributed by atoms with Gasteiger partial charge in [-0.05, 0) is 31.6 Å². The third-order valence-corrected chi connectivity index (χ3v) is 3.00. The first kappa shape index (κ1) is 13.3. The Kier molecular flexibility index (Phi) is 4.59. The highest BCUT2D eigenvalue weighted by Crippen LogP contribution is 2.26.